The quantitative estimate of drug-likeness (QED) is 0.880. The molecule has 0 aliphatic carbocycles. The molecule has 3 heterocycles. The Morgan fingerprint density at radius 2 is 2.26 bits per heavy atom. The van der Waals surface area contributed by atoms with Crippen molar-refractivity contribution in [1.29, 1.82) is 0 Å². The average Bonchev–Trinajstić information content (AvgIpc) is 3.03. The first-order chi connectivity index (χ1) is 11.3. The maximum Gasteiger partial charge on any atom is 0.257 e. The Balaban J connectivity index is 1.56. The molecule has 2 aromatic heterocycles. The molecule has 0 spiro atoms. The van der Waals surface area contributed by atoms with Gasteiger partial charge in [-0.2, -0.15) is 0 Å². The van der Waals surface area contributed by atoms with Crippen LogP contribution >= 0.6 is 0 Å². The van der Waals surface area contributed by atoms with Crippen LogP contribution in [-0.2, 0) is 11.2 Å². The van der Waals surface area contributed by atoms with Crippen LogP contribution < -0.4 is 15.0 Å². The van der Waals surface area contributed by atoms with Crippen molar-refractivity contribution >= 4 is 11.7 Å². The van der Waals surface area contributed by atoms with E-state index in [9.17, 15) is 4.79 Å². The maximum absolute atomic E-state index is 12.1. The van der Waals surface area contributed by atoms with Gasteiger partial charge in [-0.3, -0.25) is 9.78 Å². The third kappa shape index (κ3) is 3.74. The van der Waals surface area contributed by atoms with E-state index in [0.29, 0.717) is 18.8 Å². The summed E-state index contributed by atoms with van der Waals surface area (Å²) in [5, 5.41) is 3.07. The molecule has 1 atom stereocenters. The summed E-state index contributed by atoms with van der Waals surface area (Å²) in [4.78, 5) is 26.7. The third-order valence-electron chi connectivity index (χ3n) is 3.78. The minimum atomic E-state index is 0.0101. The van der Waals surface area contributed by atoms with E-state index in [4.69, 9.17) is 4.74 Å². The van der Waals surface area contributed by atoms with Crippen LogP contribution in [0.3, 0.4) is 0 Å². The summed E-state index contributed by atoms with van der Waals surface area (Å²) in [5.74, 6) is 1.24. The fourth-order valence-corrected chi connectivity index (χ4v) is 2.72. The number of hydrogen-bond acceptors (Lipinski definition) is 6. The van der Waals surface area contributed by atoms with Gasteiger partial charge in [0.15, 0.2) is 5.82 Å². The van der Waals surface area contributed by atoms with Gasteiger partial charge in [-0.05, 0) is 18.1 Å². The predicted molar refractivity (Wildman–Crippen MR) is 85.3 cm³/mol. The van der Waals surface area contributed by atoms with Crippen molar-refractivity contribution in [3.8, 4) is 5.88 Å². The number of amides is 1. The van der Waals surface area contributed by atoms with E-state index in [2.05, 4.69) is 25.2 Å². The van der Waals surface area contributed by atoms with E-state index < -0.39 is 0 Å². The molecule has 7 nitrogen and oxygen atoms in total. The molecule has 3 rings (SSSR count). The van der Waals surface area contributed by atoms with Crippen molar-refractivity contribution < 1.29 is 9.53 Å². The van der Waals surface area contributed by atoms with Crippen molar-refractivity contribution in [2.45, 2.75) is 18.9 Å². The fraction of sp³-hybridized carbons (Fsp3) is 0.375. The van der Waals surface area contributed by atoms with Gasteiger partial charge in [0.2, 0.25) is 5.91 Å². The minimum absolute atomic E-state index is 0.0101. The molecule has 0 aromatic carbocycles. The topological polar surface area (TPSA) is 80.2 Å². The van der Waals surface area contributed by atoms with Crippen LogP contribution in [0.5, 0.6) is 5.88 Å². The molecule has 120 valence electrons. The number of anilines is 1. The zero-order valence-corrected chi connectivity index (χ0v) is 13.0. The Morgan fingerprint density at radius 1 is 1.39 bits per heavy atom. The van der Waals surface area contributed by atoms with Crippen LogP contribution in [0.15, 0.2) is 36.9 Å². The Hall–Kier alpha value is -2.70. The minimum Gasteiger partial charge on any atom is -0.478 e. The van der Waals surface area contributed by atoms with Gasteiger partial charge in [0.25, 0.3) is 5.88 Å². The van der Waals surface area contributed by atoms with E-state index >= 15 is 0 Å². The highest BCUT2D eigenvalue weighted by Gasteiger charge is 2.27. The first-order valence-electron chi connectivity index (χ1n) is 7.54. The Kier molecular flexibility index (Phi) is 4.65. The zero-order chi connectivity index (χ0) is 16.1. The van der Waals surface area contributed by atoms with Crippen LogP contribution in [0.4, 0.5) is 5.82 Å². The van der Waals surface area contributed by atoms with Gasteiger partial charge < -0.3 is 15.0 Å². The van der Waals surface area contributed by atoms with Crippen LogP contribution in [0.2, 0.25) is 0 Å². The van der Waals surface area contributed by atoms with E-state index in [1.807, 2.05) is 12.1 Å². The summed E-state index contributed by atoms with van der Waals surface area (Å²) in [6.45, 7) is 1.51. The summed E-state index contributed by atoms with van der Waals surface area (Å²) < 4.78 is 5.24. The lowest BCUT2D eigenvalue weighted by atomic mass is 10.2. The van der Waals surface area contributed by atoms with Crippen molar-refractivity contribution in [2.24, 2.45) is 0 Å². The molecule has 7 heteroatoms. The summed E-state index contributed by atoms with van der Waals surface area (Å²) >= 11 is 0. The number of pyridine rings is 1. The highest BCUT2D eigenvalue weighted by molar-refractivity contribution is 5.78. The maximum atomic E-state index is 12.1. The number of carbonyl (C=O) groups is 1. The van der Waals surface area contributed by atoms with Crippen molar-refractivity contribution in [3.05, 3.63) is 42.5 Å². The number of ether oxygens (including phenoxy) is 1. The van der Waals surface area contributed by atoms with Gasteiger partial charge in [-0.15, -0.1) is 0 Å². The van der Waals surface area contributed by atoms with E-state index in [1.54, 1.807) is 31.9 Å². The second kappa shape index (κ2) is 7.04. The van der Waals surface area contributed by atoms with Gasteiger partial charge in [0.05, 0.1) is 13.5 Å². The van der Waals surface area contributed by atoms with E-state index in [1.165, 1.54) is 0 Å². The number of hydrogen-bond donors (Lipinski definition) is 1. The normalized spacial score (nSPS) is 17.1. The number of rotatable bonds is 5. The molecule has 2 aromatic rings. The molecule has 0 saturated carbocycles. The number of nitrogens with zero attached hydrogens (tertiary/aromatic N) is 4. The fourth-order valence-electron chi connectivity index (χ4n) is 2.72. The second-order valence-electron chi connectivity index (χ2n) is 5.43. The van der Waals surface area contributed by atoms with Crippen molar-refractivity contribution in [2.75, 3.05) is 25.1 Å². The molecule has 1 aliphatic heterocycles. The third-order valence-corrected chi connectivity index (χ3v) is 3.78. The molecule has 1 unspecified atom stereocenters. The molecule has 1 aliphatic rings. The summed E-state index contributed by atoms with van der Waals surface area (Å²) in [6, 6.07) is 3.84. The number of methoxy groups -OCH3 is 1. The SMILES string of the molecule is COc1nccnc1N1CCC(NC(=O)Cc2cccnc2)C1. The Morgan fingerprint density at radius 3 is 3.04 bits per heavy atom. The standard InChI is InChI=1S/C16H19N5O2/c1-23-16-15(18-6-7-19-16)21-8-4-13(11-21)20-14(22)9-12-3-2-5-17-10-12/h2-3,5-7,10,13H,4,8-9,11H2,1H3,(H,20,22). The number of aromatic nitrogens is 3. The second-order valence-corrected chi connectivity index (χ2v) is 5.43. The Bertz CT molecular complexity index is 665. The van der Waals surface area contributed by atoms with Crippen LogP contribution in [0.1, 0.15) is 12.0 Å². The van der Waals surface area contributed by atoms with Gasteiger partial charge in [-0.1, -0.05) is 6.07 Å². The van der Waals surface area contributed by atoms with E-state index in [-0.39, 0.29) is 11.9 Å². The van der Waals surface area contributed by atoms with Crippen LogP contribution in [-0.4, -0.2) is 47.1 Å². The molecule has 1 amide bonds. The van der Waals surface area contributed by atoms with E-state index in [0.717, 1.165) is 24.3 Å². The highest BCUT2D eigenvalue weighted by Crippen LogP contribution is 2.25. The average molecular weight is 313 g/mol. The molecule has 1 fully saturated rings. The zero-order valence-electron chi connectivity index (χ0n) is 13.0. The predicted octanol–water partition coefficient (Wildman–Crippen LogP) is 0.818. The summed E-state index contributed by atoms with van der Waals surface area (Å²) in [6.07, 6.45) is 7.88. The number of carbonyl (C=O) groups excluding carboxylic acids is 1. The first kappa shape index (κ1) is 15.2. The lowest BCUT2D eigenvalue weighted by Crippen LogP contribution is -2.38. The molecule has 23 heavy (non-hydrogen) atoms. The van der Waals surface area contributed by atoms with Crippen LogP contribution in [0.25, 0.3) is 0 Å². The lowest BCUT2D eigenvalue weighted by molar-refractivity contribution is -0.121. The Labute approximate surface area is 134 Å². The first-order valence-corrected chi connectivity index (χ1v) is 7.54. The van der Waals surface area contributed by atoms with Gasteiger partial charge in [-0.25, -0.2) is 9.97 Å². The molecule has 0 bridgehead atoms. The summed E-state index contributed by atoms with van der Waals surface area (Å²) in [5.41, 5.74) is 0.912. The molecule has 1 N–H and O–H groups in total. The smallest absolute Gasteiger partial charge is 0.257 e. The summed E-state index contributed by atoms with van der Waals surface area (Å²) in [7, 11) is 1.58. The monoisotopic (exact) mass is 313 g/mol. The number of nitrogens with one attached hydrogen (secondary N) is 1. The van der Waals surface area contributed by atoms with Gasteiger partial charge in [0.1, 0.15) is 0 Å². The lowest BCUT2D eigenvalue weighted by Gasteiger charge is -2.19. The van der Waals surface area contributed by atoms with Gasteiger partial charge >= 0.3 is 0 Å². The molecular formula is C16H19N5O2. The highest BCUT2D eigenvalue weighted by atomic mass is 16.5. The largest absolute Gasteiger partial charge is 0.478 e. The van der Waals surface area contributed by atoms with Crippen molar-refractivity contribution in [1.82, 2.24) is 20.3 Å². The van der Waals surface area contributed by atoms with Crippen molar-refractivity contribution in [3.63, 3.8) is 0 Å². The molecule has 0 radical (unpaired) electrons. The molecular weight excluding hydrogens is 294 g/mol. The molecule has 1 saturated heterocycles. The van der Waals surface area contributed by atoms with Gasteiger partial charge in [0, 0.05) is 43.9 Å². The van der Waals surface area contributed by atoms with Crippen LogP contribution in [0, 0.1) is 0 Å².